The minimum atomic E-state index is -0.802. The van der Waals surface area contributed by atoms with E-state index in [9.17, 15) is 8.78 Å². The molecule has 1 atom stereocenters. The topological polar surface area (TPSA) is 26.0 Å². The molecule has 0 aromatic heterocycles. The molecule has 0 amide bonds. The maximum Gasteiger partial charge on any atom is 0.163 e. The van der Waals surface area contributed by atoms with Gasteiger partial charge in [-0.3, -0.25) is 0 Å². The number of rotatable bonds is 4. The molecule has 0 fully saturated rings. The summed E-state index contributed by atoms with van der Waals surface area (Å²) in [6.45, 7) is 1.54. The second-order valence-electron chi connectivity index (χ2n) is 3.49. The van der Waals surface area contributed by atoms with Crippen molar-refractivity contribution >= 4 is 11.8 Å². The Morgan fingerprint density at radius 2 is 2.00 bits per heavy atom. The van der Waals surface area contributed by atoms with Crippen LogP contribution in [-0.4, -0.2) is 12.0 Å². The lowest BCUT2D eigenvalue weighted by Gasteiger charge is -2.13. The molecule has 0 saturated carbocycles. The molecule has 1 nitrogen and oxygen atoms in total. The van der Waals surface area contributed by atoms with Gasteiger partial charge in [-0.1, -0.05) is 12.1 Å². The summed E-state index contributed by atoms with van der Waals surface area (Å²) in [5.41, 5.74) is 6.36. The lowest BCUT2D eigenvalue weighted by molar-refractivity contribution is 0.482. The molecule has 0 saturated heterocycles. The van der Waals surface area contributed by atoms with Crippen LogP contribution in [0.15, 0.2) is 12.1 Å². The number of nitrogens with two attached hydrogens (primary N) is 1. The molecule has 1 unspecified atom stereocenters. The summed E-state index contributed by atoms with van der Waals surface area (Å²) in [7, 11) is 0. The summed E-state index contributed by atoms with van der Waals surface area (Å²) < 4.78 is 26.7. The fourth-order valence-corrected chi connectivity index (χ4v) is 1.84. The average molecular weight is 231 g/mol. The zero-order valence-corrected chi connectivity index (χ0v) is 9.70. The monoisotopic (exact) mass is 231 g/mol. The van der Waals surface area contributed by atoms with Crippen molar-refractivity contribution < 1.29 is 8.78 Å². The first-order chi connectivity index (χ1) is 7.07. The molecule has 15 heavy (non-hydrogen) atoms. The van der Waals surface area contributed by atoms with Crippen molar-refractivity contribution in [2.75, 3.05) is 12.0 Å². The minimum absolute atomic E-state index is 0.271. The Morgan fingerprint density at radius 1 is 1.33 bits per heavy atom. The third-order valence-electron chi connectivity index (χ3n) is 2.34. The van der Waals surface area contributed by atoms with Gasteiger partial charge in [0.25, 0.3) is 0 Å². The second-order valence-corrected chi connectivity index (χ2v) is 4.47. The maximum atomic E-state index is 13.5. The SMILES string of the molecule is CSCCC(N)c1ccc(C)c(F)c1F. The van der Waals surface area contributed by atoms with Crippen molar-refractivity contribution in [1.82, 2.24) is 0 Å². The highest BCUT2D eigenvalue weighted by molar-refractivity contribution is 7.98. The molecule has 1 aromatic carbocycles. The van der Waals surface area contributed by atoms with Crippen LogP contribution in [0.1, 0.15) is 23.6 Å². The van der Waals surface area contributed by atoms with Crippen molar-refractivity contribution in [1.29, 1.82) is 0 Å². The van der Waals surface area contributed by atoms with Crippen molar-refractivity contribution in [3.8, 4) is 0 Å². The number of hydrogen-bond acceptors (Lipinski definition) is 2. The van der Waals surface area contributed by atoms with Crippen LogP contribution in [0.5, 0.6) is 0 Å². The Morgan fingerprint density at radius 3 is 2.60 bits per heavy atom. The van der Waals surface area contributed by atoms with Gasteiger partial charge in [-0.2, -0.15) is 11.8 Å². The lowest BCUT2D eigenvalue weighted by Crippen LogP contribution is -2.14. The summed E-state index contributed by atoms with van der Waals surface area (Å²) in [6.07, 6.45) is 2.61. The standard InChI is InChI=1S/C11H15F2NS/c1-7-3-4-8(11(13)10(7)12)9(14)5-6-15-2/h3-4,9H,5-6,14H2,1-2H3. The summed E-state index contributed by atoms with van der Waals surface area (Å²) in [5, 5.41) is 0. The first-order valence-electron chi connectivity index (χ1n) is 4.77. The maximum absolute atomic E-state index is 13.5. The highest BCUT2D eigenvalue weighted by atomic mass is 32.2. The van der Waals surface area contributed by atoms with Gasteiger partial charge >= 0.3 is 0 Å². The summed E-state index contributed by atoms with van der Waals surface area (Å²) in [6, 6.07) is 2.71. The molecule has 0 heterocycles. The predicted octanol–water partition coefficient (Wildman–Crippen LogP) is 3.03. The second kappa shape index (κ2) is 5.47. The van der Waals surface area contributed by atoms with Crippen LogP contribution in [0.4, 0.5) is 8.78 Å². The van der Waals surface area contributed by atoms with E-state index >= 15 is 0 Å². The molecule has 1 aromatic rings. The Kier molecular flexibility index (Phi) is 4.54. The smallest absolute Gasteiger partial charge is 0.163 e. The molecule has 0 aliphatic carbocycles. The van der Waals surface area contributed by atoms with Crippen LogP contribution in [0.25, 0.3) is 0 Å². The van der Waals surface area contributed by atoms with Crippen molar-refractivity contribution in [2.24, 2.45) is 5.73 Å². The Hall–Kier alpha value is -0.610. The van der Waals surface area contributed by atoms with E-state index in [4.69, 9.17) is 5.73 Å². The Bertz CT molecular complexity index is 342. The molecule has 0 aliphatic rings. The summed E-state index contributed by atoms with van der Waals surface area (Å²) >= 11 is 1.64. The van der Waals surface area contributed by atoms with Crippen LogP contribution < -0.4 is 5.73 Å². The van der Waals surface area contributed by atoms with Gasteiger partial charge in [0, 0.05) is 11.6 Å². The number of thioether (sulfide) groups is 1. The zero-order chi connectivity index (χ0) is 11.4. The third-order valence-corrected chi connectivity index (χ3v) is 2.98. The van der Waals surface area contributed by atoms with E-state index in [2.05, 4.69) is 0 Å². The van der Waals surface area contributed by atoms with Crippen LogP contribution in [0.3, 0.4) is 0 Å². The van der Waals surface area contributed by atoms with E-state index in [0.29, 0.717) is 12.0 Å². The van der Waals surface area contributed by atoms with E-state index in [1.807, 2.05) is 6.26 Å². The molecule has 4 heteroatoms. The van der Waals surface area contributed by atoms with Gasteiger partial charge in [0.2, 0.25) is 0 Å². The molecule has 2 N–H and O–H groups in total. The van der Waals surface area contributed by atoms with E-state index in [1.165, 1.54) is 6.92 Å². The fraction of sp³-hybridized carbons (Fsp3) is 0.455. The van der Waals surface area contributed by atoms with Gasteiger partial charge in [0.15, 0.2) is 11.6 Å². The van der Waals surface area contributed by atoms with E-state index in [-0.39, 0.29) is 5.56 Å². The predicted molar refractivity (Wildman–Crippen MR) is 61.0 cm³/mol. The van der Waals surface area contributed by atoms with Gasteiger partial charge in [-0.15, -0.1) is 0 Å². The van der Waals surface area contributed by atoms with E-state index in [1.54, 1.807) is 23.9 Å². The van der Waals surface area contributed by atoms with Crippen molar-refractivity contribution in [3.05, 3.63) is 34.9 Å². The van der Waals surface area contributed by atoms with E-state index in [0.717, 1.165) is 5.75 Å². The van der Waals surface area contributed by atoms with Gasteiger partial charge < -0.3 is 5.73 Å². The Labute approximate surface area is 93.1 Å². The first-order valence-corrected chi connectivity index (χ1v) is 6.16. The van der Waals surface area contributed by atoms with Crippen LogP contribution in [-0.2, 0) is 0 Å². The minimum Gasteiger partial charge on any atom is -0.324 e. The van der Waals surface area contributed by atoms with Crippen LogP contribution >= 0.6 is 11.8 Å². The van der Waals surface area contributed by atoms with Crippen molar-refractivity contribution in [2.45, 2.75) is 19.4 Å². The largest absolute Gasteiger partial charge is 0.324 e. The number of aryl methyl sites for hydroxylation is 1. The van der Waals surface area contributed by atoms with E-state index < -0.39 is 17.7 Å². The summed E-state index contributed by atoms with van der Waals surface area (Å²) in [5.74, 6) is -0.744. The highest BCUT2D eigenvalue weighted by Gasteiger charge is 2.15. The lowest BCUT2D eigenvalue weighted by atomic mass is 10.0. The van der Waals surface area contributed by atoms with Gasteiger partial charge in [-0.25, -0.2) is 8.78 Å². The molecule has 0 aliphatic heterocycles. The molecule has 0 radical (unpaired) electrons. The third kappa shape index (κ3) is 2.92. The quantitative estimate of drug-likeness (QED) is 0.862. The normalized spacial score (nSPS) is 12.9. The first kappa shape index (κ1) is 12.5. The van der Waals surface area contributed by atoms with Crippen LogP contribution in [0, 0.1) is 18.6 Å². The molecule has 0 spiro atoms. The number of hydrogen-bond donors (Lipinski definition) is 1. The molecule has 0 bridgehead atoms. The van der Waals surface area contributed by atoms with Gasteiger partial charge in [0.1, 0.15) is 0 Å². The van der Waals surface area contributed by atoms with Crippen LogP contribution in [0.2, 0.25) is 0 Å². The fourth-order valence-electron chi connectivity index (χ4n) is 1.35. The average Bonchev–Trinajstić information content (AvgIpc) is 2.23. The van der Waals surface area contributed by atoms with Gasteiger partial charge in [0.05, 0.1) is 0 Å². The number of halogens is 2. The summed E-state index contributed by atoms with van der Waals surface area (Å²) in [4.78, 5) is 0. The molecular formula is C11H15F2NS. The van der Waals surface area contributed by atoms with Gasteiger partial charge in [-0.05, 0) is 30.9 Å². The Balaban J connectivity index is 2.90. The molecule has 1 rings (SSSR count). The van der Waals surface area contributed by atoms with Crippen molar-refractivity contribution in [3.63, 3.8) is 0 Å². The number of benzene rings is 1. The molecular weight excluding hydrogens is 216 g/mol. The highest BCUT2D eigenvalue weighted by Crippen LogP contribution is 2.23. The zero-order valence-electron chi connectivity index (χ0n) is 8.89. The molecule has 84 valence electrons.